The van der Waals surface area contributed by atoms with Crippen LogP contribution >= 0.6 is 23.4 Å². The standard InChI is InChI=1S/C24H28ClNO3S/c1-15(27)17-7-5-16(6-8-17)14-30-22-19-10-9-18(23(28)29-24(2,3)4)13-26-21(19)12-11-20(22)25/h5-8,11-12,18,26H,9-10,13-14H2,1-4H3. The molecule has 1 heterocycles. The fraction of sp³-hybridized carbons (Fsp3) is 0.417. The van der Waals surface area contributed by atoms with Gasteiger partial charge in [0, 0.05) is 28.4 Å². The number of fused-ring (bicyclic) bond motifs is 1. The number of halogens is 1. The average molecular weight is 446 g/mol. The summed E-state index contributed by atoms with van der Waals surface area (Å²) in [4.78, 5) is 25.0. The smallest absolute Gasteiger partial charge is 0.311 e. The van der Waals surface area contributed by atoms with Gasteiger partial charge in [-0.05, 0) is 63.8 Å². The molecule has 1 aliphatic rings. The quantitative estimate of drug-likeness (QED) is 0.339. The number of anilines is 1. The van der Waals surface area contributed by atoms with Crippen molar-refractivity contribution >= 4 is 40.8 Å². The Bertz CT molecular complexity index is 935. The van der Waals surface area contributed by atoms with Crippen LogP contribution in [0.15, 0.2) is 41.3 Å². The third kappa shape index (κ3) is 5.79. The summed E-state index contributed by atoms with van der Waals surface area (Å²) in [7, 11) is 0. The van der Waals surface area contributed by atoms with Gasteiger partial charge in [0.1, 0.15) is 5.60 Å². The van der Waals surface area contributed by atoms with Crippen LogP contribution in [0.25, 0.3) is 0 Å². The molecule has 0 amide bonds. The molecular weight excluding hydrogens is 418 g/mol. The maximum Gasteiger partial charge on any atom is 0.311 e. The van der Waals surface area contributed by atoms with Gasteiger partial charge < -0.3 is 10.1 Å². The number of nitrogens with one attached hydrogen (secondary N) is 1. The number of ether oxygens (including phenoxy) is 1. The van der Waals surface area contributed by atoms with Crippen LogP contribution in [-0.2, 0) is 21.7 Å². The first-order valence-electron chi connectivity index (χ1n) is 10.1. The van der Waals surface area contributed by atoms with Crippen molar-refractivity contribution in [3.8, 4) is 0 Å². The maximum absolute atomic E-state index is 12.5. The summed E-state index contributed by atoms with van der Waals surface area (Å²) in [6.07, 6.45) is 1.48. The van der Waals surface area contributed by atoms with Gasteiger partial charge in [-0.25, -0.2) is 0 Å². The van der Waals surface area contributed by atoms with Crippen molar-refractivity contribution in [1.82, 2.24) is 0 Å². The number of rotatable bonds is 5. The minimum Gasteiger partial charge on any atom is -0.460 e. The van der Waals surface area contributed by atoms with Crippen LogP contribution in [0.2, 0.25) is 5.02 Å². The van der Waals surface area contributed by atoms with Gasteiger partial charge in [0.25, 0.3) is 0 Å². The Balaban J connectivity index is 1.73. The minimum atomic E-state index is -0.488. The molecule has 0 fully saturated rings. The van der Waals surface area contributed by atoms with E-state index in [0.29, 0.717) is 12.1 Å². The Morgan fingerprint density at radius 1 is 1.17 bits per heavy atom. The molecule has 0 aliphatic carbocycles. The highest BCUT2D eigenvalue weighted by atomic mass is 35.5. The lowest BCUT2D eigenvalue weighted by Crippen LogP contribution is -2.31. The third-order valence-corrected chi connectivity index (χ3v) is 6.64. The molecular formula is C24H28ClNO3S. The number of thioether (sulfide) groups is 1. The minimum absolute atomic E-state index is 0.0660. The van der Waals surface area contributed by atoms with Crippen molar-refractivity contribution in [2.24, 2.45) is 5.92 Å². The molecule has 4 nitrogen and oxygen atoms in total. The van der Waals surface area contributed by atoms with Crippen molar-refractivity contribution in [3.05, 3.63) is 58.1 Å². The van der Waals surface area contributed by atoms with Crippen molar-refractivity contribution in [2.75, 3.05) is 11.9 Å². The SMILES string of the molecule is CC(=O)c1ccc(CSc2c(Cl)ccc3c2CCC(C(=O)OC(C)(C)C)CN3)cc1. The van der Waals surface area contributed by atoms with Crippen molar-refractivity contribution in [1.29, 1.82) is 0 Å². The lowest BCUT2D eigenvalue weighted by Gasteiger charge is -2.23. The number of Topliss-reactive ketones (excluding diaryl/α,β-unsaturated/α-hetero) is 1. The number of carbonyl (C=O) groups is 2. The average Bonchev–Trinajstić information content (AvgIpc) is 2.89. The van der Waals surface area contributed by atoms with Gasteiger partial charge in [-0.3, -0.25) is 9.59 Å². The summed E-state index contributed by atoms with van der Waals surface area (Å²) in [5.41, 5.74) is 3.54. The molecule has 1 N–H and O–H groups in total. The molecule has 0 aromatic heterocycles. The maximum atomic E-state index is 12.5. The van der Waals surface area contributed by atoms with Gasteiger partial charge in [0.2, 0.25) is 0 Å². The number of esters is 1. The zero-order chi connectivity index (χ0) is 21.9. The highest BCUT2D eigenvalue weighted by Crippen LogP contribution is 2.39. The first-order valence-corrected chi connectivity index (χ1v) is 11.5. The van der Waals surface area contributed by atoms with Crippen LogP contribution in [0.4, 0.5) is 5.69 Å². The Morgan fingerprint density at radius 2 is 1.87 bits per heavy atom. The summed E-state index contributed by atoms with van der Waals surface area (Å²) < 4.78 is 5.58. The van der Waals surface area contributed by atoms with E-state index in [-0.39, 0.29) is 17.7 Å². The van der Waals surface area contributed by atoms with Crippen LogP contribution in [0.5, 0.6) is 0 Å². The zero-order valence-electron chi connectivity index (χ0n) is 17.9. The van der Waals surface area contributed by atoms with E-state index in [9.17, 15) is 9.59 Å². The van der Waals surface area contributed by atoms with Gasteiger partial charge in [0.05, 0.1) is 10.9 Å². The molecule has 3 rings (SSSR count). The van der Waals surface area contributed by atoms with Gasteiger partial charge >= 0.3 is 5.97 Å². The van der Waals surface area contributed by atoms with Crippen LogP contribution in [-0.4, -0.2) is 23.9 Å². The number of benzene rings is 2. The highest BCUT2D eigenvalue weighted by molar-refractivity contribution is 7.98. The van der Waals surface area contributed by atoms with E-state index in [1.807, 2.05) is 57.2 Å². The van der Waals surface area contributed by atoms with E-state index < -0.39 is 5.60 Å². The van der Waals surface area contributed by atoms with E-state index in [1.54, 1.807) is 18.7 Å². The van der Waals surface area contributed by atoms with Gasteiger partial charge in [-0.2, -0.15) is 0 Å². The predicted octanol–water partition coefficient (Wildman–Crippen LogP) is 6.15. The molecule has 6 heteroatoms. The molecule has 0 saturated heterocycles. The largest absolute Gasteiger partial charge is 0.460 e. The van der Waals surface area contributed by atoms with E-state index in [0.717, 1.165) is 45.3 Å². The summed E-state index contributed by atoms with van der Waals surface area (Å²) in [6.45, 7) is 7.80. The molecule has 1 unspecified atom stereocenters. The normalized spacial score (nSPS) is 16.2. The fourth-order valence-electron chi connectivity index (χ4n) is 3.40. The Morgan fingerprint density at radius 3 is 2.50 bits per heavy atom. The monoisotopic (exact) mass is 445 g/mol. The van der Waals surface area contributed by atoms with E-state index in [4.69, 9.17) is 16.3 Å². The highest BCUT2D eigenvalue weighted by Gasteiger charge is 2.28. The first kappa shape index (κ1) is 22.7. The molecule has 1 aliphatic heterocycles. The summed E-state index contributed by atoms with van der Waals surface area (Å²) in [5.74, 6) is 0.474. The van der Waals surface area contributed by atoms with Gasteiger partial charge in [-0.15, -0.1) is 11.8 Å². The third-order valence-electron chi connectivity index (χ3n) is 4.98. The Labute approximate surface area is 187 Å². The lowest BCUT2D eigenvalue weighted by atomic mass is 10.0. The molecule has 0 spiro atoms. The summed E-state index contributed by atoms with van der Waals surface area (Å²) >= 11 is 8.23. The molecule has 2 aromatic rings. The number of hydrogen-bond acceptors (Lipinski definition) is 5. The van der Waals surface area contributed by atoms with Crippen LogP contribution in [0.3, 0.4) is 0 Å². The van der Waals surface area contributed by atoms with Crippen molar-refractivity contribution < 1.29 is 14.3 Å². The van der Waals surface area contributed by atoms with Crippen LogP contribution < -0.4 is 5.32 Å². The molecule has 1 atom stereocenters. The lowest BCUT2D eigenvalue weighted by molar-refractivity contribution is -0.159. The second kappa shape index (κ2) is 9.44. The molecule has 0 saturated carbocycles. The number of hydrogen-bond donors (Lipinski definition) is 1. The molecule has 0 bridgehead atoms. The van der Waals surface area contributed by atoms with Gasteiger partial charge in [-0.1, -0.05) is 35.9 Å². The van der Waals surface area contributed by atoms with E-state index in [2.05, 4.69) is 5.32 Å². The molecule has 30 heavy (non-hydrogen) atoms. The zero-order valence-corrected chi connectivity index (χ0v) is 19.5. The van der Waals surface area contributed by atoms with E-state index in [1.165, 1.54) is 0 Å². The predicted molar refractivity (Wildman–Crippen MR) is 124 cm³/mol. The topological polar surface area (TPSA) is 55.4 Å². The second-order valence-corrected chi connectivity index (χ2v) is 9.99. The van der Waals surface area contributed by atoms with Crippen LogP contribution in [0.1, 0.15) is 55.6 Å². The van der Waals surface area contributed by atoms with Gasteiger partial charge in [0.15, 0.2) is 5.78 Å². The number of carbonyl (C=O) groups excluding carboxylic acids is 2. The summed E-state index contributed by atoms with van der Waals surface area (Å²) in [5, 5.41) is 4.14. The molecule has 2 aromatic carbocycles. The second-order valence-electron chi connectivity index (χ2n) is 8.59. The van der Waals surface area contributed by atoms with Crippen molar-refractivity contribution in [2.45, 2.75) is 56.8 Å². The first-order chi connectivity index (χ1) is 14.1. The van der Waals surface area contributed by atoms with E-state index >= 15 is 0 Å². The number of ketones is 1. The Kier molecular flexibility index (Phi) is 7.14. The molecule has 0 radical (unpaired) electrons. The fourth-order valence-corrected chi connectivity index (χ4v) is 4.84. The summed E-state index contributed by atoms with van der Waals surface area (Å²) in [6, 6.07) is 11.6. The van der Waals surface area contributed by atoms with Crippen molar-refractivity contribution in [3.63, 3.8) is 0 Å². The Hall–Kier alpha value is -1.98. The molecule has 160 valence electrons. The van der Waals surface area contributed by atoms with Crippen LogP contribution in [0, 0.1) is 5.92 Å².